The van der Waals surface area contributed by atoms with Crippen molar-refractivity contribution in [3.63, 3.8) is 0 Å². The predicted molar refractivity (Wildman–Crippen MR) is 66.8 cm³/mol. The Bertz CT molecular complexity index is 188. The molecule has 0 N–H and O–H groups in total. The molecule has 15 heavy (non-hydrogen) atoms. The second kappa shape index (κ2) is 6.15. The summed E-state index contributed by atoms with van der Waals surface area (Å²) in [5.74, 6) is 1.76. The third kappa shape index (κ3) is 3.85. The van der Waals surface area contributed by atoms with E-state index in [0.29, 0.717) is 0 Å². The lowest BCUT2D eigenvalue weighted by molar-refractivity contribution is 0.407. The molecular weight excluding hydrogens is 180 g/mol. The lowest BCUT2D eigenvalue weighted by atomic mass is 9.88. The molecule has 3 aliphatic carbocycles. The number of hydrogen-bond donors (Lipinski definition) is 0. The fourth-order valence-electron chi connectivity index (χ4n) is 2.92. The highest BCUT2D eigenvalue weighted by Crippen LogP contribution is 2.26. The molecule has 0 amide bonds. The minimum atomic E-state index is 0.882. The molecule has 0 radical (unpaired) electrons. The standard InChI is InChI=1S/C15H24/c1-2-8-14-10-4-6-12-15(9-3-1)13-7-5-11-14/h2-3,8-9,14-15H,1,4-7,10-13H2/b8-2+,9-3?. The van der Waals surface area contributed by atoms with E-state index in [4.69, 9.17) is 0 Å². The van der Waals surface area contributed by atoms with E-state index in [-0.39, 0.29) is 0 Å². The molecule has 84 valence electrons. The summed E-state index contributed by atoms with van der Waals surface area (Å²) in [5.41, 5.74) is 0. The van der Waals surface area contributed by atoms with Crippen LogP contribution in [0.4, 0.5) is 0 Å². The number of allylic oxidation sites excluding steroid dienone is 4. The van der Waals surface area contributed by atoms with Crippen molar-refractivity contribution in [3.8, 4) is 0 Å². The Morgan fingerprint density at radius 1 is 0.600 bits per heavy atom. The molecule has 0 atom stereocenters. The fraction of sp³-hybridized carbons (Fsp3) is 0.733. The number of rotatable bonds is 0. The highest BCUT2D eigenvalue weighted by atomic mass is 14.2. The SMILES string of the molecule is C1=CC2CCCCC(/C=C/C1)CCCC2. The van der Waals surface area contributed by atoms with Crippen molar-refractivity contribution in [3.05, 3.63) is 24.3 Å². The minimum absolute atomic E-state index is 0.882. The van der Waals surface area contributed by atoms with Gasteiger partial charge in [-0.15, -0.1) is 0 Å². The van der Waals surface area contributed by atoms with E-state index in [0.717, 1.165) is 18.3 Å². The molecule has 0 aliphatic heterocycles. The topological polar surface area (TPSA) is 0 Å². The van der Waals surface area contributed by atoms with Crippen LogP contribution in [-0.2, 0) is 0 Å². The van der Waals surface area contributed by atoms with Gasteiger partial charge in [0.25, 0.3) is 0 Å². The number of hydrogen-bond acceptors (Lipinski definition) is 0. The maximum atomic E-state index is 2.48. The van der Waals surface area contributed by atoms with E-state index < -0.39 is 0 Å². The van der Waals surface area contributed by atoms with Crippen molar-refractivity contribution >= 4 is 0 Å². The molecule has 0 aromatic carbocycles. The van der Waals surface area contributed by atoms with E-state index in [9.17, 15) is 0 Å². The predicted octanol–water partition coefficient (Wildman–Crippen LogP) is 4.87. The van der Waals surface area contributed by atoms with Crippen molar-refractivity contribution in [2.45, 2.75) is 57.8 Å². The molecule has 0 unspecified atom stereocenters. The Hall–Kier alpha value is -0.520. The smallest absolute Gasteiger partial charge is 0.0169 e. The maximum absolute atomic E-state index is 2.48. The van der Waals surface area contributed by atoms with Gasteiger partial charge in [0.15, 0.2) is 0 Å². The quantitative estimate of drug-likeness (QED) is 0.494. The maximum Gasteiger partial charge on any atom is -0.0169 e. The van der Waals surface area contributed by atoms with Gasteiger partial charge in [0, 0.05) is 0 Å². The molecule has 2 bridgehead atoms. The first kappa shape index (κ1) is 11.0. The van der Waals surface area contributed by atoms with Crippen LogP contribution in [0.15, 0.2) is 24.3 Å². The van der Waals surface area contributed by atoms with Crippen LogP contribution in [-0.4, -0.2) is 0 Å². The Kier molecular flexibility index (Phi) is 4.50. The fourth-order valence-corrected chi connectivity index (χ4v) is 2.92. The lowest BCUT2D eigenvalue weighted by Crippen LogP contribution is -2.03. The highest BCUT2D eigenvalue weighted by Gasteiger charge is 2.11. The van der Waals surface area contributed by atoms with Gasteiger partial charge < -0.3 is 0 Å². The molecule has 0 aromatic heterocycles. The molecule has 1 saturated carbocycles. The van der Waals surface area contributed by atoms with Gasteiger partial charge >= 0.3 is 0 Å². The van der Waals surface area contributed by atoms with Crippen molar-refractivity contribution in [2.75, 3.05) is 0 Å². The van der Waals surface area contributed by atoms with Gasteiger partial charge in [0.1, 0.15) is 0 Å². The second-order valence-corrected chi connectivity index (χ2v) is 5.18. The van der Waals surface area contributed by atoms with Gasteiger partial charge in [-0.3, -0.25) is 0 Å². The van der Waals surface area contributed by atoms with Crippen LogP contribution in [0.5, 0.6) is 0 Å². The summed E-state index contributed by atoms with van der Waals surface area (Å²) in [4.78, 5) is 0. The van der Waals surface area contributed by atoms with Gasteiger partial charge in [-0.05, 0) is 43.9 Å². The zero-order valence-electron chi connectivity index (χ0n) is 9.83. The Balaban J connectivity index is 2.06. The van der Waals surface area contributed by atoms with Crippen molar-refractivity contribution in [2.24, 2.45) is 11.8 Å². The zero-order chi connectivity index (χ0) is 10.3. The first-order chi connectivity index (χ1) is 7.45. The van der Waals surface area contributed by atoms with Gasteiger partial charge in [-0.2, -0.15) is 0 Å². The van der Waals surface area contributed by atoms with Gasteiger partial charge in [-0.25, -0.2) is 0 Å². The van der Waals surface area contributed by atoms with E-state index in [1.54, 1.807) is 0 Å². The van der Waals surface area contributed by atoms with Crippen LogP contribution in [0.2, 0.25) is 0 Å². The molecule has 0 heteroatoms. The minimum Gasteiger partial charge on any atom is -0.0851 e. The lowest BCUT2D eigenvalue weighted by Gasteiger charge is -2.18. The summed E-state index contributed by atoms with van der Waals surface area (Å²) in [6.07, 6.45) is 22.4. The highest BCUT2D eigenvalue weighted by molar-refractivity contribution is 4.99. The summed E-state index contributed by atoms with van der Waals surface area (Å²) >= 11 is 0. The van der Waals surface area contributed by atoms with Crippen molar-refractivity contribution in [1.29, 1.82) is 0 Å². The third-order valence-corrected chi connectivity index (χ3v) is 3.89. The second-order valence-electron chi connectivity index (χ2n) is 5.18. The first-order valence-electron chi connectivity index (χ1n) is 6.78. The normalized spacial score (nSPS) is 35.2. The van der Waals surface area contributed by atoms with Crippen LogP contribution in [0, 0.1) is 11.8 Å². The molecule has 0 saturated heterocycles. The van der Waals surface area contributed by atoms with E-state index >= 15 is 0 Å². The van der Waals surface area contributed by atoms with Crippen molar-refractivity contribution < 1.29 is 0 Å². The van der Waals surface area contributed by atoms with Crippen LogP contribution in [0.3, 0.4) is 0 Å². The molecule has 0 aromatic rings. The first-order valence-corrected chi connectivity index (χ1v) is 6.78. The molecule has 1 fully saturated rings. The monoisotopic (exact) mass is 204 g/mol. The molecule has 3 aliphatic rings. The molecule has 0 spiro atoms. The molecular formula is C15H24. The molecule has 0 heterocycles. The summed E-state index contributed by atoms with van der Waals surface area (Å²) < 4.78 is 0. The zero-order valence-corrected chi connectivity index (χ0v) is 9.83. The van der Waals surface area contributed by atoms with Gasteiger partial charge in [0.2, 0.25) is 0 Å². The van der Waals surface area contributed by atoms with Crippen LogP contribution >= 0.6 is 0 Å². The summed E-state index contributed by atoms with van der Waals surface area (Å²) in [6, 6.07) is 0. The Morgan fingerprint density at radius 3 is 1.40 bits per heavy atom. The molecule has 0 nitrogen and oxygen atoms in total. The third-order valence-electron chi connectivity index (χ3n) is 3.89. The summed E-state index contributed by atoms with van der Waals surface area (Å²) in [5, 5.41) is 0. The van der Waals surface area contributed by atoms with Crippen LogP contribution in [0.25, 0.3) is 0 Å². The van der Waals surface area contributed by atoms with Crippen LogP contribution in [0.1, 0.15) is 57.8 Å². The van der Waals surface area contributed by atoms with Crippen LogP contribution < -0.4 is 0 Å². The largest absolute Gasteiger partial charge is 0.0851 e. The Labute approximate surface area is 94.5 Å². The van der Waals surface area contributed by atoms with E-state index in [1.165, 1.54) is 51.4 Å². The average molecular weight is 204 g/mol. The van der Waals surface area contributed by atoms with E-state index in [2.05, 4.69) is 24.3 Å². The molecule has 3 rings (SSSR count). The van der Waals surface area contributed by atoms with Gasteiger partial charge in [0.05, 0.1) is 0 Å². The van der Waals surface area contributed by atoms with Crippen molar-refractivity contribution in [1.82, 2.24) is 0 Å². The van der Waals surface area contributed by atoms with E-state index in [1.807, 2.05) is 0 Å². The Morgan fingerprint density at radius 2 is 1.00 bits per heavy atom. The summed E-state index contributed by atoms with van der Waals surface area (Å²) in [6.45, 7) is 0. The number of fused-ring (bicyclic) bond motifs is 8. The average Bonchev–Trinajstić information content (AvgIpc) is 2.34. The summed E-state index contributed by atoms with van der Waals surface area (Å²) in [7, 11) is 0. The van der Waals surface area contributed by atoms with Gasteiger partial charge in [-0.1, -0.05) is 50.0 Å².